The zero-order valence-electron chi connectivity index (χ0n) is 10.3. The van der Waals surface area contributed by atoms with Gasteiger partial charge in [-0.25, -0.2) is 0 Å². The summed E-state index contributed by atoms with van der Waals surface area (Å²) < 4.78 is 0.890. The Bertz CT molecular complexity index is 426. The van der Waals surface area contributed by atoms with Crippen LogP contribution in [0.5, 0.6) is 0 Å². The van der Waals surface area contributed by atoms with Crippen molar-refractivity contribution in [2.24, 2.45) is 0 Å². The summed E-state index contributed by atoms with van der Waals surface area (Å²) in [6.45, 7) is 3.75. The highest BCUT2D eigenvalue weighted by atomic mass is 79.9. The molecule has 1 unspecified atom stereocenters. The van der Waals surface area contributed by atoms with Crippen LogP contribution in [0.3, 0.4) is 0 Å². The van der Waals surface area contributed by atoms with Gasteiger partial charge in [-0.2, -0.15) is 5.26 Å². The highest BCUT2D eigenvalue weighted by molar-refractivity contribution is 9.10. The monoisotopic (exact) mass is 296 g/mol. The number of hydrogen-bond acceptors (Lipinski definition) is 3. The van der Waals surface area contributed by atoms with Crippen molar-refractivity contribution in [3.05, 3.63) is 28.2 Å². The van der Waals surface area contributed by atoms with Crippen LogP contribution in [0.15, 0.2) is 22.7 Å². The van der Waals surface area contributed by atoms with E-state index in [1.807, 2.05) is 32.2 Å². The number of rotatable bonds is 4. The summed E-state index contributed by atoms with van der Waals surface area (Å²) in [5.74, 6) is 0. The number of aliphatic hydroxyl groups excluding tert-OH is 1. The van der Waals surface area contributed by atoms with Gasteiger partial charge in [-0.15, -0.1) is 0 Å². The van der Waals surface area contributed by atoms with E-state index in [2.05, 4.69) is 26.9 Å². The lowest BCUT2D eigenvalue weighted by atomic mass is 10.1. The Balaban J connectivity index is 2.94. The summed E-state index contributed by atoms with van der Waals surface area (Å²) in [7, 11) is 1.96. The molecule has 0 bridgehead atoms. The Morgan fingerprint density at radius 2 is 2.12 bits per heavy atom. The van der Waals surface area contributed by atoms with Crippen molar-refractivity contribution in [1.82, 2.24) is 0 Å². The first-order valence-corrected chi connectivity index (χ1v) is 6.34. The van der Waals surface area contributed by atoms with Crippen LogP contribution in [-0.4, -0.2) is 18.2 Å². The lowest BCUT2D eigenvalue weighted by Crippen LogP contribution is -2.28. The standard InChI is InChI=1S/C13H17BrN2O/c1-9(6-7-15)16(3)11-4-5-12(10(2)17)13(14)8-11/h4-5,8-10,17H,6H2,1-3H3/t9?,10-/m0/s1. The van der Waals surface area contributed by atoms with Crippen molar-refractivity contribution in [1.29, 1.82) is 5.26 Å². The molecular weight excluding hydrogens is 280 g/mol. The van der Waals surface area contributed by atoms with Gasteiger partial charge in [0.05, 0.1) is 18.6 Å². The predicted molar refractivity (Wildman–Crippen MR) is 72.9 cm³/mol. The fourth-order valence-corrected chi connectivity index (χ4v) is 2.30. The fourth-order valence-electron chi connectivity index (χ4n) is 1.60. The summed E-state index contributed by atoms with van der Waals surface area (Å²) in [4.78, 5) is 2.06. The van der Waals surface area contributed by atoms with Gasteiger partial charge >= 0.3 is 0 Å². The summed E-state index contributed by atoms with van der Waals surface area (Å²) >= 11 is 3.45. The van der Waals surface area contributed by atoms with Crippen LogP contribution in [0.25, 0.3) is 0 Å². The van der Waals surface area contributed by atoms with Crippen molar-refractivity contribution >= 4 is 21.6 Å². The predicted octanol–water partition coefficient (Wildman–Crippen LogP) is 3.24. The molecule has 0 aromatic heterocycles. The van der Waals surface area contributed by atoms with Gasteiger partial charge in [0.2, 0.25) is 0 Å². The molecule has 0 aliphatic carbocycles. The largest absolute Gasteiger partial charge is 0.389 e. The number of benzene rings is 1. The maximum absolute atomic E-state index is 9.54. The third-order valence-corrected chi connectivity index (χ3v) is 3.58. The van der Waals surface area contributed by atoms with Crippen LogP contribution < -0.4 is 4.90 Å². The van der Waals surface area contributed by atoms with E-state index in [0.29, 0.717) is 6.42 Å². The number of nitrogens with zero attached hydrogens (tertiary/aromatic N) is 2. The number of nitriles is 1. The maximum Gasteiger partial charge on any atom is 0.0772 e. The van der Waals surface area contributed by atoms with Crippen LogP contribution in [0.1, 0.15) is 31.9 Å². The molecule has 1 aromatic carbocycles. The zero-order chi connectivity index (χ0) is 13.0. The third-order valence-electron chi connectivity index (χ3n) is 2.89. The third kappa shape index (κ3) is 3.45. The lowest BCUT2D eigenvalue weighted by molar-refractivity contribution is 0.198. The van der Waals surface area contributed by atoms with Gasteiger partial charge in [0, 0.05) is 23.2 Å². The van der Waals surface area contributed by atoms with Gasteiger partial charge in [-0.1, -0.05) is 22.0 Å². The van der Waals surface area contributed by atoms with Gasteiger partial charge in [-0.3, -0.25) is 0 Å². The van der Waals surface area contributed by atoms with Crippen LogP contribution in [-0.2, 0) is 0 Å². The normalized spacial score (nSPS) is 13.9. The Kier molecular flexibility index (Phi) is 4.98. The van der Waals surface area contributed by atoms with Crippen LogP contribution in [0.4, 0.5) is 5.69 Å². The minimum atomic E-state index is -0.486. The van der Waals surface area contributed by atoms with Crippen molar-refractivity contribution in [3.63, 3.8) is 0 Å². The maximum atomic E-state index is 9.54. The van der Waals surface area contributed by atoms with E-state index in [1.54, 1.807) is 6.92 Å². The number of halogens is 1. The second-order valence-electron chi connectivity index (χ2n) is 4.20. The highest BCUT2D eigenvalue weighted by Gasteiger charge is 2.12. The van der Waals surface area contributed by atoms with Gasteiger partial charge in [0.1, 0.15) is 0 Å². The quantitative estimate of drug-likeness (QED) is 0.928. The molecule has 0 spiro atoms. The van der Waals surface area contributed by atoms with Crippen molar-refractivity contribution in [3.8, 4) is 6.07 Å². The Morgan fingerprint density at radius 1 is 1.47 bits per heavy atom. The smallest absolute Gasteiger partial charge is 0.0772 e. The summed E-state index contributed by atoms with van der Waals surface area (Å²) in [5, 5.41) is 18.2. The average Bonchev–Trinajstić information content (AvgIpc) is 2.27. The number of anilines is 1. The highest BCUT2D eigenvalue weighted by Crippen LogP contribution is 2.28. The molecule has 0 aliphatic heterocycles. The van der Waals surface area contributed by atoms with E-state index >= 15 is 0 Å². The molecule has 92 valence electrons. The molecule has 0 saturated carbocycles. The fraction of sp³-hybridized carbons (Fsp3) is 0.462. The Hall–Kier alpha value is -1.05. The first kappa shape index (κ1) is 14.0. The van der Waals surface area contributed by atoms with Crippen molar-refractivity contribution in [2.45, 2.75) is 32.4 Å². The molecule has 1 rings (SSSR count). The molecule has 0 saturated heterocycles. The Labute approximate surface area is 111 Å². The molecular formula is C13H17BrN2O. The van der Waals surface area contributed by atoms with Crippen molar-refractivity contribution in [2.75, 3.05) is 11.9 Å². The van der Waals surface area contributed by atoms with Crippen LogP contribution in [0, 0.1) is 11.3 Å². The van der Waals surface area contributed by atoms with Crippen molar-refractivity contribution < 1.29 is 5.11 Å². The molecule has 0 aliphatic rings. The minimum Gasteiger partial charge on any atom is -0.389 e. The summed E-state index contributed by atoms with van der Waals surface area (Å²) in [5.41, 5.74) is 1.90. The molecule has 4 heteroatoms. The molecule has 3 nitrogen and oxygen atoms in total. The summed E-state index contributed by atoms with van der Waals surface area (Å²) in [6, 6.07) is 8.17. The van der Waals surface area contributed by atoms with Crippen LogP contribution >= 0.6 is 15.9 Å². The van der Waals surface area contributed by atoms with E-state index < -0.39 is 6.10 Å². The topological polar surface area (TPSA) is 47.3 Å². The molecule has 2 atom stereocenters. The second-order valence-corrected chi connectivity index (χ2v) is 5.06. The molecule has 0 fully saturated rings. The molecule has 1 aromatic rings. The van der Waals surface area contributed by atoms with E-state index in [-0.39, 0.29) is 6.04 Å². The second kappa shape index (κ2) is 6.04. The van der Waals surface area contributed by atoms with Gasteiger partial charge < -0.3 is 10.0 Å². The first-order chi connectivity index (χ1) is 7.97. The minimum absolute atomic E-state index is 0.171. The molecule has 0 amide bonds. The first-order valence-electron chi connectivity index (χ1n) is 5.54. The molecule has 1 N–H and O–H groups in total. The number of hydrogen-bond donors (Lipinski definition) is 1. The Morgan fingerprint density at radius 3 is 2.59 bits per heavy atom. The van der Waals surface area contributed by atoms with Gasteiger partial charge in [-0.05, 0) is 31.5 Å². The number of aliphatic hydroxyl groups is 1. The van der Waals surface area contributed by atoms with E-state index in [9.17, 15) is 5.11 Å². The van der Waals surface area contributed by atoms with Gasteiger partial charge in [0.15, 0.2) is 0 Å². The van der Waals surface area contributed by atoms with Crippen LogP contribution in [0.2, 0.25) is 0 Å². The summed E-state index contributed by atoms with van der Waals surface area (Å²) in [6.07, 6.45) is 0.00647. The van der Waals surface area contributed by atoms with E-state index in [4.69, 9.17) is 5.26 Å². The molecule has 0 heterocycles. The average molecular weight is 297 g/mol. The lowest BCUT2D eigenvalue weighted by Gasteiger charge is -2.26. The van der Waals surface area contributed by atoms with E-state index in [0.717, 1.165) is 15.7 Å². The van der Waals surface area contributed by atoms with E-state index in [1.165, 1.54) is 0 Å². The SMILES string of the molecule is CC(CC#N)N(C)c1ccc([C@H](C)O)c(Br)c1. The zero-order valence-corrected chi connectivity index (χ0v) is 11.9. The van der Waals surface area contributed by atoms with Gasteiger partial charge in [0.25, 0.3) is 0 Å². The molecule has 0 radical (unpaired) electrons. The molecule has 17 heavy (non-hydrogen) atoms.